The second-order valence-corrected chi connectivity index (χ2v) is 6.93. The topological polar surface area (TPSA) is 76.6 Å². The Morgan fingerprint density at radius 2 is 2.08 bits per heavy atom. The fourth-order valence-electron chi connectivity index (χ4n) is 3.05. The first-order valence-corrected chi connectivity index (χ1v) is 9.28. The van der Waals surface area contributed by atoms with E-state index in [4.69, 9.17) is 4.74 Å². The molecule has 0 N–H and O–H groups in total. The van der Waals surface area contributed by atoms with Crippen molar-refractivity contribution in [3.8, 4) is 0 Å². The van der Waals surface area contributed by atoms with Gasteiger partial charge in [0, 0.05) is 24.4 Å². The highest BCUT2D eigenvalue weighted by Crippen LogP contribution is 2.29. The molecule has 1 aromatic carbocycles. The number of nitrogens with zero attached hydrogens (tertiary/aromatic N) is 2. The van der Waals surface area contributed by atoms with Crippen molar-refractivity contribution in [2.24, 2.45) is 5.92 Å². The third kappa shape index (κ3) is 4.04. The summed E-state index contributed by atoms with van der Waals surface area (Å²) < 4.78 is 5.98. The van der Waals surface area contributed by atoms with Gasteiger partial charge in [0.1, 0.15) is 12.3 Å². The Kier molecular flexibility index (Phi) is 5.43. The maximum absolute atomic E-state index is 13.0. The van der Waals surface area contributed by atoms with Crippen LogP contribution in [0.5, 0.6) is 0 Å². The van der Waals surface area contributed by atoms with Gasteiger partial charge in [-0.2, -0.15) is 0 Å². The lowest BCUT2D eigenvalue weighted by Crippen LogP contribution is -2.41. The van der Waals surface area contributed by atoms with Gasteiger partial charge in [0.15, 0.2) is 0 Å². The second-order valence-electron chi connectivity index (χ2n) is 6.05. The van der Waals surface area contributed by atoms with Crippen molar-refractivity contribution < 1.29 is 19.1 Å². The smallest absolute Gasteiger partial charge is 0.326 e. The van der Waals surface area contributed by atoms with Gasteiger partial charge in [-0.25, -0.2) is 4.98 Å². The van der Waals surface area contributed by atoms with Crippen LogP contribution in [0.4, 0.5) is 5.69 Å². The summed E-state index contributed by atoms with van der Waals surface area (Å²) in [5.74, 6) is -0.590. The molecule has 0 bridgehead atoms. The number of ether oxygens (including phenoxy) is 1. The van der Waals surface area contributed by atoms with Gasteiger partial charge in [-0.05, 0) is 38.0 Å². The number of benzene rings is 1. The van der Waals surface area contributed by atoms with Crippen LogP contribution < -0.4 is 4.90 Å². The van der Waals surface area contributed by atoms with E-state index in [-0.39, 0.29) is 30.8 Å². The number of carbonyl (C=O) groups is 3. The number of hydrogen-bond donors (Lipinski definition) is 0. The van der Waals surface area contributed by atoms with E-state index in [1.54, 1.807) is 18.5 Å². The van der Waals surface area contributed by atoms with E-state index in [0.29, 0.717) is 31.4 Å². The van der Waals surface area contributed by atoms with E-state index < -0.39 is 5.97 Å². The summed E-state index contributed by atoms with van der Waals surface area (Å²) in [7, 11) is 0. The molecule has 2 aromatic rings. The minimum absolute atomic E-state index is 0.121. The average molecular weight is 360 g/mol. The van der Waals surface area contributed by atoms with Crippen molar-refractivity contribution in [1.29, 1.82) is 0 Å². The summed E-state index contributed by atoms with van der Waals surface area (Å²) in [5.41, 5.74) is 3.27. The molecule has 0 spiro atoms. The van der Waals surface area contributed by atoms with Gasteiger partial charge in [-0.1, -0.05) is 0 Å². The summed E-state index contributed by atoms with van der Waals surface area (Å²) in [4.78, 5) is 42.2. The molecule has 7 heteroatoms. The van der Waals surface area contributed by atoms with Crippen LogP contribution in [0.2, 0.25) is 0 Å². The van der Waals surface area contributed by atoms with Crippen LogP contribution in [0.1, 0.15) is 32.6 Å². The number of rotatable bonds is 5. The fourth-order valence-corrected chi connectivity index (χ4v) is 3.76. The van der Waals surface area contributed by atoms with Crippen molar-refractivity contribution in [3.05, 3.63) is 23.7 Å². The lowest BCUT2D eigenvalue weighted by molar-refractivity contribution is -0.142. The zero-order valence-corrected chi connectivity index (χ0v) is 14.9. The van der Waals surface area contributed by atoms with Gasteiger partial charge < -0.3 is 9.64 Å². The number of hydrogen-bond acceptors (Lipinski definition) is 6. The summed E-state index contributed by atoms with van der Waals surface area (Å²) in [6.45, 7) is 1.88. The Bertz CT molecular complexity index is 791. The van der Waals surface area contributed by atoms with E-state index in [9.17, 15) is 14.4 Å². The molecular weight excluding hydrogens is 340 g/mol. The quantitative estimate of drug-likeness (QED) is 0.766. The van der Waals surface area contributed by atoms with Gasteiger partial charge in [0.25, 0.3) is 0 Å². The Labute approximate surface area is 149 Å². The molecule has 0 aliphatic heterocycles. The van der Waals surface area contributed by atoms with Crippen LogP contribution in [-0.4, -0.2) is 35.8 Å². The SMILES string of the molecule is CCOC(=O)CN(C(=O)C1CCC(=O)CC1)c1ccc2ncsc2c1. The van der Waals surface area contributed by atoms with E-state index in [2.05, 4.69) is 4.98 Å². The van der Waals surface area contributed by atoms with Gasteiger partial charge in [-0.3, -0.25) is 14.4 Å². The summed E-state index contributed by atoms with van der Waals surface area (Å²) >= 11 is 1.49. The molecule has 6 nitrogen and oxygen atoms in total. The Balaban J connectivity index is 1.86. The van der Waals surface area contributed by atoms with E-state index >= 15 is 0 Å². The van der Waals surface area contributed by atoms with Crippen LogP contribution in [0.3, 0.4) is 0 Å². The second kappa shape index (κ2) is 7.74. The van der Waals surface area contributed by atoms with E-state index in [0.717, 1.165) is 10.2 Å². The lowest BCUT2D eigenvalue weighted by Gasteiger charge is -2.28. The lowest BCUT2D eigenvalue weighted by atomic mass is 9.87. The average Bonchev–Trinajstić information content (AvgIpc) is 3.07. The zero-order valence-electron chi connectivity index (χ0n) is 14.1. The highest BCUT2D eigenvalue weighted by molar-refractivity contribution is 7.16. The number of anilines is 1. The first-order valence-electron chi connectivity index (χ1n) is 8.40. The molecule has 1 aliphatic carbocycles. The molecule has 0 saturated heterocycles. The zero-order chi connectivity index (χ0) is 17.8. The van der Waals surface area contributed by atoms with Crippen molar-refractivity contribution in [2.45, 2.75) is 32.6 Å². The molecule has 0 unspecified atom stereocenters. The first-order chi connectivity index (χ1) is 12.1. The predicted molar refractivity (Wildman–Crippen MR) is 95.6 cm³/mol. The molecule has 1 aliphatic rings. The third-order valence-electron chi connectivity index (χ3n) is 4.38. The molecule has 1 fully saturated rings. The molecule has 132 valence electrons. The maximum Gasteiger partial charge on any atom is 0.326 e. The molecule has 0 atom stereocenters. The number of ketones is 1. The molecule has 1 aromatic heterocycles. The maximum atomic E-state index is 13.0. The first kappa shape index (κ1) is 17.5. The van der Waals surface area contributed by atoms with Crippen LogP contribution in [0.25, 0.3) is 10.2 Å². The van der Waals surface area contributed by atoms with E-state index in [1.165, 1.54) is 16.2 Å². The molecular formula is C18H20N2O4S. The molecule has 1 saturated carbocycles. The van der Waals surface area contributed by atoms with E-state index in [1.807, 2.05) is 12.1 Å². The molecule has 1 heterocycles. The number of esters is 1. The van der Waals surface area contributed by atoms with Crippen LogP contribution >= 0.6 is 11.3 Å². The van der Waals surface area contributed by atoms with Gasteiger partial charge in [0.2, 0.25) is 5.91 Å². The van der Waals surface area contributed by atoms with Crippen molar-refractivity contribution in [3.63, 3.8) is 0 Å². The minimum atomic E-state index is -0.438. The summed E-state index contributed by atoms with van der Waals surface area (Å²) in [5, 5.41) is 0. The third-order valence-corrected chi connectivity index (χ3v) is 5.17. The highest BCUT2D eigenvalue weighted by atomic mass is 32.1. The summed E-state index contributed by atoms with van der Waals surface area (Å²) in [6, 6.07) is 5.52. The monoisotopic (exact) mass is 360 g/mol. The fraction of sp³-hybridized carbons (Fsp3) is 0.444. The van der Waals surface area contributed by atoms with Crippen molar-refractivity contribution in [2.75, 3.05) is 18.1 Å². The van der Waals surface area contributed by atoms with Gasteiger partial charge in [0.05, 0.1) is 22.3 Å². The van der Waals surface area contributed by atoms with Crippen LogP contribution in [-0.2, 0) is 19.1 Å². The molecule has 0 radical (unpaired) electrons. The van der Waals surface area contributed by atoms with Crippen molar-refractivity contribution >= 4 is 44.9 Å². The molecule has 25 heavy (non-hydrogen) atoms. The predicted octanol–water partition coefficient (Wildman–Crippen LogP) is 2.95. The van der Waals surface area contributed by atoms with Gasteiger partial charge >= 0.3 is 5.97 Å². The largest absolute Gasteiger partial charge is 0.465 e. The normalized spacial score (nSPS) is 15.3. The van der Waals surface area contributed by atoms with Crippen LogP contribution in [0.15, 0.2) is 23.7 Å². The number of fused-ring (bicyclic) bond motifs is 1. The highest BCUT2D eigenvalue weighted by Gasteiger charge is 2.30. The standard InChI is InChI=1S/C18H20N2O4S/c1-2-24-17(22)10-20(18(23)12-3-6-14(21)7-4-12)13-5-8-15-16(9-13)25-11-19-15/h5,8-9,11-12H,2-4,6-7,10H2,1H3. The minimum Gasteiger partial charge on any atom is -0.465 e. The number of aromatic nitrogens is 1. The number of Topliss-reactive ketones (excluding diaryl/α,β-unsaturated/α-hetero) is 1. The Morgan fingerprint density at radius 3 is 2.80 bits per heavy atom. The number of amides is 1. The molecule has 3 rings (SSSR count). The number of thiazole rings is 1. The summed E-state index contributed by atoms with van der Waals surface area (Å²) in [6.07, 6.45) is 1.94. The van der Waals surface area contributed by atoms with Crippen LogP contribution in [0, 0.1) is 5.92 Å². The number of carbonyl (C=O) groups excluding carboxylic acids is 3. The molecule has 1 amide bonds. The Morgan fingerprint density at radius 1 is 1.32 bits per heavy atom. The van der Waals surface area contributed by atoms with Crippen molar-refractivity contribution in [1.82, 2.24) is 4.98 Å². The van der Waals surface area contributed by atoms with Gasteiger partial charge in [-0.15, -0.1) is 11.3 Å². The Hall–Kier alpha value is -2.28.